The van der Waals surface area contributed by atoms with Gasteiger partial charge in [0.1, 0.15) is 0 Å². The SMILES string of the molecule is Clc1ccccc1[C@@H]1CNCCCO1. The smallest absolute Gasteiger partial charge is 0.0963 e. The van der Waals surface area contributed by atoms with E-state index < -0.39 is 0 Å². The van der Waals surface area contributed by atoms with Gasteiger partial charge in [-0.3, -0.25) is 0 Å². The maximum absolute atomic E-state index is 6.10. The topological polar surface area (TPSA) is 21.3 Å². The summed E-state index contributed by atoms with van der Waals surface area (Å²) in [6, 6.07) is 7.87. The van der Waals surface area contributed by atoms with Gasteiger partial charge >= 0.3 is 0 Å². The van der Waals surface area contributed by atoms with E-state index in [0.29, 0.717) is 0 Å². The highest BCUT2D eigenvalue weighted by atomic mass is 35.5. The second-order valence-corrected chi connectivity index (χ2v) is 3.85. The van der Waals surface area contributed by atoms with Crippen LogP contribution in [-0.4, -0.2) is 19.7 Å². The molecule has 1 fully saturated rings. The van der Waals surface area contributed by atoms with Gasteiger partial charge in [0.2, 0.25) is 0 Å². The Bertz CT molecular complexity index is 295. The summed E-state index contributed by atoms with van der Waals surface area (Å²) < 4.78 is 5.72. The maximum atomic E-state index is 6.10. The van der Waals surface area contributed by atoms with Crippen molar-refractivity contribution in [2.24, 2.45) is 0 Å². The van der Waals surface area contributed by atoms with Gasteiger partial charge in [0.05, 0.1) is 6.10 Å². The van der Waals surface area contributed by atoms with Crippen molar-refractivity contribution < 1.29 is 4.74 Å². The number of ether oxygens (including phenoxy) is 1. The summed E-state index contributed by atoms with van der Waals surface area (Å²) in [4.78, 5) is 0. The molecule has 0 unspecified atom stereocenters. The molecule has 76 valence electrons. The highest BCUT2D eigenvalue weighted by Gasteiger charge is 2.16. The van der Waals surface area contributed by atoms with E-state index in [2.05, 4.69) is 5.32 Å². The third-order valence-electron chi connectivity index (χ3n) is 2.40. The molecule has 1 heterocycles. The van der Waals surface area contributed by atoms with Crippen LogP contribution in [0.25, 0.3) is 0 Å². The monoisotopic (exact) mass is 211 g/mol. The van der Waals surface area contributed by atoms with E-state index in [1.165, 1.54) is 0 Å². The summed E-state index contributed by atoms with van der Waals surface area (Å²) in [6.07, 6.45) is 1.17. The molecule has 0 saturated carbocycles. The second kappa shape index (κ2) is 4.78. The molecule has 0 amide bonds. The Morgan fingerprint density at radius 1 is 1.36 bits per heavy atom. The minimum atomic E-state index is 0.103. The van der Waals surface area contributed by atoms with Crippen LogP contribution < -0.4 is 5.32 Å². The third-order valence-corrected chi connectivity index (χ3v) is 2.74. The minimum absolute atomic E-state index is 0.103. The van der Waals surface area contributed by atoms with Crippen LogP contribution in [0.5, 0.6) is 0 Å². The zero-order valence-electron chi connectivity index (χ0n) is 8.00. The molecule has 0 radical (unpaired) electrons. The zero-order valence-corrected chi connectivity index (χ0v) is 8.76. The van der Waals surface area contributed by atoms with Gasteiger partial charge in [-0.1, -0.05) is 29.8 Å². The molecule has 1 aliphatic heterocycles. The van der Waals surface area contributed by atoms with E-state index in [0.717, 1.165) is 36.7 Å². The Kier molecular flexibility index (Phi) is 3.40. The lowest BCUT2D eigenvalue weighted by Gasteiger charge is -2.16. The molecule has 1 N–H and O–H groups in total. The first kappa shape index (κ1) is 9.97. The van der Waals surface area contributed by atoms with E-state index in [9.17, 15) is 0 Å². The summed E-state index contributed by atoms with van der Waals surface area (Å²) >= 11 is 6.10. The average molecular weight is 212 g/mol. The van der Waals surface area contributed by atoms with Crippen molar-refractivity contribution in [1.29, 1.82) is 0 Å². The fraction of sp³-hybridized carbons (Fsp3) is 0.455. The highest BCUT2D eigenvalue weighted by Crippen LogP contribution is 2.25. The number of halogens is 1. The van der Waals surface area contributed by atoms with E-state index in [-0.39, 0.29) is 6.10 Å². The van der Waals surface area contributed by atoms with Crippen LogP contribution in [0, 0.1) is 0 Å². The molecule has 1 saturated heterocycles. The molecule has 1 aromatic carbocycles. The van der Waals surface area contributed by atoms with Crippen LogP contribution in [0.2, 0.25) is 5.02 Å². The number of nitrogens with one attached hydrogen (secondary N) is 1. The largest absolute Gasteiger partial charge is 0.372 e. The number of rotatable bonds is 1. The van der Waals surface area contributed by atoms with E-state index >= 15 is 0 Å². The summed E-state index contributed by atoms with van der Waals surface area (Å²) in [5.74, 6) is 0. The van der Waals surface area contributed by atoms with E-state index in [1.54, 1.807) is 0 Å². The third kappa shape index (κ3) is 2.27. The van der Waals surface area contributed by atoms with Crippen LogP contribution in [0.3, 0.4) is 0 Å². The van der Waals surface area contributed by atoms with Crippen LogP contribution in [0.1, 0.15) is 18.1 Å². The molecule has 1 atom stereocenters. The first-order valence-corrected chi connectivity index (χ1v) is 5.32. The highest BCUT2D eigenvalue weighted by molar-refractivity contribution is 6.31. The fourth-order valence-corrected chi connectivity index (χ4v) is 1.91. The van der Waals surface area contributed by atoms with Crippen LogP contribution in [-0.2, 0) is 4.74 Å². The lowest BCUT2D eigenvalue weighted by atomic mass is 10.1. The Balaban J connectivity index is 2.16. The lowest BCUT2D eigenvalue weighted by Crippen LogP contribution is -2.20. The summed E-state index contributed by atoms with van der Waals surface area (Å²) in [5, 5.41) is 4.13. The number of benzene rings is 1. The Morgan fingerprint density at radius 2 is 2.21 bits per heavy atom. The standard InChI is InChI=1S/C11H14ClNO/c12-10-5-2-1-4-9(10)11-8-13-6-3-7-14-11/h1-2,4-5,11,13H,3,6-8H2/t11-/m0/s1. The first-order chi connectivity index (χ1) is 6.88. The van der Waals surface area contributed by atoms with Crippen molar-refractivity contribution in [2.75, 3.05) is 19.7 Å². The lowest BCUT2D eigenvalue weighted by molar-refractivity contribution is 0.0670. The van der Waals surface area contributed by atoms with Crippen molar-refractivity contribution >= 4 is 11.6 Å². The van der Waals surface area contributed by atoms with Crippen molar-refractivity contribution in [3.8, 4) is 0 Å². The van der Waals surface area contributed by atoms with Crippen molar-refractivity contribution in [3.05, 3.63) is 34.9 Å². The molecule has 0 bridgehead atoms. The Hall–Kier alpha value is -0.570. The molecule has 0 spiro atoms. The van der Waals surface area contributed by atoms with Crippen molar-refractivity contribution in [2.45, 2.75) is 12.5 Å². The first-order valence-electron chi connectivity index (χ1n) is 4.94. The molecule has 2 nitrogen and oxygen atoms in total. The van der Waals surface area contributed by atoms with Gasteiger partial charge in [0.15, 0.2) is 0 Å². The fourth-order valence-electron chi connectivity index (χ4n) is 1.65. The van der Waals surface area contributed by atoms with Crippen molar-refractivity contribution in [1.82, 2.24) is 5.32 Å². The molecule has 0 aromatic heterocycles. The predicted molar refractivity (Wildman–Crippen MR) is 57.6 cm³/mol. The van der Waals surface area contributed by atoms with Gasteiger partial charge < -0.3 is 10.1 Å². The summed E-state index contributed by atoms with van der Waals surface area (Å²) in [5.41, 5.74) is 1.09. The molecule has 14 heavy (non-hydrogen) atoms. The normalized spacial score (nSPS) is 23.1. The average Bonchev–Trinajstić information content (AvgIpc) is 2.47. The van der Waals surface area contributed by atoms with Crippen LogP contribution in [0.4, 0.5) is 0 Å². The van der Waals surface area contributed by atoms with Gasteiger partial charge in [-0.2, -0.15) is 0 Å². The molecule has 1 aromatic rings. The van der Waals surface area contributed by atoms with Gasteiger partial charge in [-0.05, 0) is 19.0 Å². The molecular formula is C11H14ClNO. The summed E-state index contributed by atoms with van der Waals surface area (Å²) in [6.45, 7) is 2.69. The van der Waals surface area contributed by atoms with E-state index in [1.807, 2.05) is 24.3 Å². The molecule has 1 aliphatic rings. The molecular weight excluding hydrogens is 198 g/mol. The Labute approximate surface area is 89.2 Å². The number of hydrogen-bond acceptors (Lipinski definition) is 2. The molecule has 0 aliphatic carbocycles. The van der Waals surface area contributed by atoms with Crippen molar-refractivity contribution in [3.63, 3.8) is 0 Å². The maximum Gasteiger partial charge on any atom is 0.0963 e. The number of hydrogen-bond donors (Lipinski definition) is 1. The molecule has 3 heteroatoms. The van der Waals surface area contributed by atoms with Gasteiger partial charge in [0, 0.05) is 23.7 Å². The molecule has 2 rings (SSSR count). The van der Waals surface area contributed by atoms with Crippen LogP contribution in [0.15, 0.2) is 24.3 Å². The van der Waals surface area contributed by atoms with Gasteiger partial charge in [-0.15, -0.1) is 0 Å². The van der Waals surface area contributed by atoms with E-state index in [4.69, 9.17) is 16.3 Å². The zero-order chi connectivity index (χ0) is 9.80. The summed E-state index contributed by atoms with van der Waals surface area (Å²) in [7, 11) is 0. The van der Waals surface area contributed by atoms with Gasteiger partial charge in [-0.25, -0.2) is 0 Å². The second-order valence-electron chi connectivity index (χ2n) is 3.44. The van der Waals surface area contributed by atoms with Gasteiger partial charge in [0.25, 0.3) is 0 Å². The predicted octanol–water partition coefficient (Wildman–Crippen LogP) is 2.39. The van der Waals surface area contributed by atoms with Crippen LogP contribution >= 0.6 is 11.6 Å². The Morgan fingerprint density at radius 3 is 3.07 bits per heavy atom. The quantitative estimate of drug-likeness (QED) is 0.770. The minimum Gasteiger partial charge on any atom is -0.372 e.